The molecule has 0 aromatic carbocycles. The molecular weight excluding hydrogens is 534 g/mol. The van der Waals surface area contributed by atoms with E-state index in [1.807, 2.05) is 0 Å². The van der Waals surface area contributed by atoms with Crippen LogP contribution >= 0.6 is 0 Å². The van der Waals surface area contributed by atoms with Crippen LogP contribution in [0.1, 0.15) is 13.8 Å². The number of carbonyl (C=O) groups excluding carboxylic acids is 1. The molecule has 0 radical (unpaired) electrons. The number of ether oxygens (including phenoxy) is 6. The zero-order valence-electron chi connectivity index (χ0n) is 21.8. The summed E-state index contributed by atoms with van der Waals surface area (Å²) in [5, 5.41) is 93.0. The lowest BCUT2D eigenvalue weighted by Gasteiger charge is -2.45. The zero-order valence-corrected chi connectivity index (χ0v) is 21.8. The fourth-order valence-corrected chi connectivity index (χ4v) is 4.15. The zero-order chi connectivity index (χ0) is 29.4. The highest BCUT2D eigenvalue weighted by Crippen LogP contribution is 2.27. The van der Waals surface area contributed by atoms with Crippen LogP contribution < -0.4 is 5.32 Å². The first-order chi connectivity index (χ1) is 18.4. The van der Waals surface area contributed by atoms with E-state index in [9.17, 15) is 50.8 Å². The predicted molar refractivity (Wildman–Crippen MR) is 124 cm³/mol. The molecule has 0 bridgehead atoms. The molecule has 17 heteroatoms. The molecule has 0 aromatic heterocycles. The average Bonchev–Trinajstić information content (AvgIpc) is 2.90. The smallest absolute Gasteiger partial charge is 0.217 e. The van der Waals surface area contributed by atoms with Gasteiger partial charge in [0.1, 0.15) is 61.0 Å². The van der Waals surface area contributed by atoms with Crippen molar-refractivity contribution >= 4 is 5.91 Å². The van der Waals surface area contributed by atoms with Gasteiger partial charge in [-0.15, -0.1) is 0 Å². The molecule has 2 heterocycles. The minimum atomic E-state index is -1.78. The molecule has 1 amide bonds. The van der Waals surface area contributed by atoms with E-state index in [0.717, 1.165) is 0 Å². The molecule has 12 unspecified atom stereocenters. The lowest BCUT2D eigenvalue weighted by molar-refractivity contribution is -0.333. The molecule has 2 aliphatic rings. The summed E-state index contributed by atoms with van der Waals surface area (Å²) in [4.78, 5) is 11.7. The molecule has 0 aliphatic carbocycles. The van der Waals surface area contributed by atoms with Crippen molar-refractivity contribution in [1.82, 2.24) is 5.32 Å². The Bertz CT molecular complexity index is 730. The number of hydrogen-bond donors (Lipinski definition) is 10. The molecule has 0 saturated carbocycles. The third kappa shape index (κ3) is 8.68. The summed E-state index contributed by atoms with van der Waals surface area (Å²) in [6.07, 6.45) is -19.6. The summed E-state index contributed by atoms with van der Waals surface area (Å²) in [5.41, 5.74) is 0. The van der Waals surface area contributed by atoms with Crippen molar-refractivity contribution in [2.45, 2.75) is 99.8 Å². The van der Waals surface area contributed by atoms with E-state index in [1.54, 1.807) is 0 Å². The van der Waals surface area contributed by atoms with Crippen molar-refractivity contribution in [2.24, 2.45) is 0 Å². The van der Waals surface area contributed by atoms with E-state index < -0.39 is 118 Å². The summed E-state index contributed by atoms with van der Waals surface area (Å²) < 4.78 is 32.6. The second kappa shape index (κ2) is 15.8. The summed E-state index contributed by atoms with van der Waals surface area (Å²) in [5.74, 6) is -0.541. The fourth-order valence-electron chi connectivity index (χ4n) is 4.15. The Morgan fingerprint density at radius 2 is 1.54 bits per heavy atom. The van der Waals surface area contributed by atoms with Gasteiger partial charge in [0, 0.05) is 14.0 Å². The SMILES string of the molecule is COC1OC(CO)C(OC(OC(CO)[C@@H](C)O)[C@@H](O)COC2OC(CO)C(O)C(O)C2O)C(O)C1NC(C)=O. The number of nitrogens with one attached hydrogen (secondary N) is 1. The van der Waals surface area contributed by atoms with Crippen LogP contribution in [-0.2, 0) is 33.2 Å². The van der Waals surface area contributed by atoms with Gasteiger partial charge in [-0.25, -0.2) is 0 Å². The maximum atomic E-state index is 11.7. The van der Waals surface area contributed by atoms with Crippen LogP contribution in [0.15, 0.2) is 0 Å². The number of amides is 1. The fraction of sp³-hybridized carbons (Fsp3) is 0.955. The Morgan fingerprint density at radius 3 is 2.05 bits per heavy atom. The van der Waals surface area contributed by atoms with Gasteiger partial charge in [-0.05, 0) is 6.92 Å². The molecule has 0 spiro atoms. The number of hydrogen-bond acceptors (Lipinski definition) is 16. The molecule has 17 nitrogen and oxygen atoms in total. The van der Waals surface area contributed by atoms with Crippen LogP contribution in [0.3, 0.4) is 0 Å². The van der Waals surface area contributed by atoms with Crippen LogP contribution in [-0.4, -0.2) is 171 Å². The van der Waals surface area contributed by atoms with Crippen LogP contribution in [0.2, 0.25) is 0 Å². The monoisotopic (exact) mass is 575 g/mol. The van der Waals surface area contributed by atoms with E-state index in [-0.39, 0.29) is 0 Å². The number of methoxy groups -OCH3 is 1. The first kappa shape index (κ1) is 34.1. The molecule has 10 N–H and O–H groups in total. The van der Waals surface area contributed by atoms with E-state index in [1.165, 1.54) is 21.0 Å². The van der Waals surface area contributed by atoms with Gasteiger partial charge in [0.15, 0.2) is 18.9 Å². The summed E-state index contributed by atoms with van der Waals surface area (Å²) in [7, 11) is 1.25. The van der Waals surface area contributed by atoms with Crippen molar-refractivity contribution in [3.05, 3.63) is 0 Å². The van der Waals surface area contributed by atoms with Gasteiger partial charge in [-0.2, -0.15) is 0 Å². The minimum Gasteiger partial charge on any atom is -0.394 e. The van der Waals surface area contributed by atoms with Crippen molar-refractivity contribution in [3.63, 3.8) is 0 Å². The van der Waals surface area contributed by atoms with Gasteiger partial charge in [-0.1, -0.05) is 0 Å². The average molecular weight is 576 g/mol. The first-order valence-corrected chi connectivity index (χ1v) is 12.3. The third-order valence-corrected chi connectivity index (χ3v) is 6.37. The molecular formula is C22H41NO16. The molecule has 14 atom stereocenters. The van der Waals surface area contributed by atoms with Gasteiger partial charge < -0.3 is 79.7 Å². The van der Waals surface area contributed by atoms with Crippen LogP contribution in [0.25, 0.3) is 0 Å². The van der Waals surface area contributed by atoms with Gasteiger partial charge in [0.05, 0.1) is 32.5 Å². The lowest BCUT2D eigenvalue weighted by Crippen LogP contribution is -2.66. The van der Waals surface area contributed by atoms with Crippen LogP contribution in [0.4, 0.5) is 0 Å². The first-order valence-electron chi connectivity index (χ1n) is 12.3. The highest BCUT2D eigenvalue weighted by molar-refractivity contribution is 5.73. The number of carbonyl (C=O) groups is 1. The number of rotatable bonds is 14. The molecule has 2 fully saturated rings. The van der Waals surface area contributed by atoms with Crippen molar-refractivity contribution in [1.29, 1.82) is 0 Å². The Hall–Kier alpha value is -1.13. The molecule has 2 saturated heterocycles. The standard InChI is InChI=1S/C22H41NO16/c1-8(27)11(4-24)36-20(10(29)7-35-22-18(33)17(32)15(30)12(5-25)37-22)39-19-13(6-26)38-21(34-3)14(16(19)31)23-9(2)28/h8,10-22,24-27,29-33H,4-7H2,1-3H3,(H,23,28)/t8-,10+,11?,12?,13?,14?,15?,16?,17?,18?,19?,20?,21?,22?/m1/s1. The second-order valence-corrected chi connectivity index (χ2v) is 9.34. The number of aliphatic hydroxyl groups excluding tert-OH is 9. The Labute approximate surface area is 224 Å². The minimum absolute atomic E-state index is 0.541. The molecule has 2 aliphatic heterocycles. The van der Waals surface area contributed by atoms with Crippen molar-refractivity contribution in [3.8, 4) is 0 Å². The topological polar surface area (TPSA) is 267 Å². The van der Waals surface area contributed by atoms with Crippen LogP contribution in [0.5, 0.6) is 0 Å². The van der Waals surface area contributed by atoms with E-state index in [4.69, 9.17) is 28.4 Å². The molecule has 39 heavy (non-hydrogen) atoms. The van der Waals surface area contributed by atoms with Gasteiger partial charge in [0.25, 0.3) is 0 Å². The summed E-state index contributed by atoms with van der Waals surface area (Å²) in [6.45, 7) is -0.374. The van der Waals surface area contributed by atoms with E-state index >= 15 is 0 Å². The van der Waals surface area contributed by atoms with Crippen molar-refractivity contribution < 1.29 is 79.2 Å². The molecule has 230 valence electrons. The van der Waals surface area contributed by atoms with Gasteiger partial charge in [-0.3, -0.25) is 4.79 Å². The number of aliphatic hydroxyl groups is 9. The summed E-state index contributed by atoms with van der Waals surface area (Å²) >= 11 is 0. The normalized spacial score (nSPS) is 38.6. The van der Waals surface area contributed by atoms with E-state index in [0.29, 0.717) is 0 Å². The molecule has 0 aromatic rings. The second-order valence-electron chi connectivity index (χ2n) is 9.34. The lowest BCUT2D eigenvalue weighted by atomic mass is 9.96. The maximum absolute atomic E-state index is 11.7. The predicted octanol–water partition coefficient (Wildman–Crippen LogP) is -6.14. The molecule has 2 rings (SSSR count). The van der Waals surface area contributed by atoms with Crippen molar-refractivity contribution in [2.75, 3.05) is 33.5 Å². The van der Waals surface area contributed by atoms with Crippen LogP contribution in [0, 0.1) is 0 Å². The highest BCUT2D eigenvalue weighted by atomic mass is 16.7. The Balaban J connectivity index is 2.24. The third-order valence-electron chi connectivity index (χ3n) is 6.37. The Morgan fingerprint density at radius 1 is 0.923 bits per heavy atom. The summed E-state index contributed by atoms with van der Waals surface area (Å²) in [6, 6.07) is -1.17. The van der Waals surface area contributed by atoms with E-state index in [2.05, 4.69) is 5.32 Å². The quantitative estimate of drug-likeness (QED) is 0.0863. The largest absolute Gasteiger partial charge is 0.394 e. The highest BCUT2D eigenvalue weighted by Gasteiger charge is 2.49. The Kier molecular flexibility index (Phi) is 13.8. The maximum Gasteiger partial charge on any atom is 0.217 e. The van der Waals surface area contributed by atoms with Gasteiger partial charge >= 0.3 is 0 Å². The van der Waals surface area contributed by atoms with Gasteiger partial charge in [0.2, 0.25) is 5.91 Å².